The van der Waals surface area contributed by atoms with Gasteiger partial charge in [0.1, 0.15) is 24.0 Å². The van der Waals surface area contributed by atoms with Crippen molar-refractivity contribution in [2.45, 2.75) is 40.0 Å². The van der Waals surface area contributed by atoms with E-state index < -0.39 is 16.6 Å². The maximum atomic E-state index is 6.56. The molecule has 0 spiro atoms. The van der Waals surface area contributed by atoms with Crippen molar-refractivity contribution in [2.24, 2.45) is 0 Å². The first-order valence-electron chi connectivity index (χ1n) is 8.74. The average molecular weight is 375 g/mol. The third-order valence-electron chi connectivity index (χ3n) is 3.70. The van der Waals surface area contributed by atoms with Crippen molar-refractivity contribution in [2.75, 3.05) is 12.5 Å². The summed E-state index contributed by atoms with van der Waals surface area (Å²) in [4.78, 5) is 0. The molecule has 0 aliphatic rings. The van der Waals surface area contributed by atoms with Crippen molar-refractivity contribution in [1.29, 1.82) is 0 Å². The van der Waals surface area contributed by atoms with Gasteiger partial charge in [-0.15, -0.1) is 0 Å². The summed E-state index contributed by atoms with van der Waals surface area (Å²) in [5.41, 5.74) is 2.42. The van der Waals surface area contributed by atoms with Crippen LogP contribution in [0.3, 0.4) is 0 Å². The van der Waals surface area contributed by atoms with Gasteiger partial charge in [-0.2, -0.15) is 0 Å². The maximum absolute atomic E-state index is 6.56. The van der Waals surface area contributed by atoms with Gasteiger partial charge in [0.2, 0.25) is 16.6 Å². The monoisotopic (exact) mass is 374 g/mol. The molecular weight excluding hydrogens is 344 g/mol. The Balaban J connectivity index is 1.88. The molecule has 0 saturated carbocycles. The molecule has 0 atom stereocenters. The summed E-state index contributed by atoms with van der Waals surface area (Å²) in [6.45, 7) is 13.0. The molecule has 25 heavy (non-hydrogen) atoms. The van der Waals surface area contributed by atoms with Crippen LogP contribution in [0.25, 0.3) is 0 Å². The second-order valence-electron chi connectivity index (χ2n) is 7.83. The molecule has 0 aliphatic heterocycles. The maximum Gasteiger partial charge on any atom is 0.213 e. The highest BCUT2D eigenvalue weighted by Gasteiger charge is 2.34. The van der Waals surface area contributed by atoms with E-state index in [1.807, 2.05) is 24.3 Å². The molecule has 0 radical (unpaired) electrons. The van der Waals surface area contributed by atoms with Crippen LogP contribution >= 0.6 is 0 Å². The first-order chi connectivity index (χ1) is 11.7. The van der Waals surface area contributed by atoms with Crippen LogP contribution in [-0.2, 0) is 4.12 Å². The molecule has 2 aromatic carbocycles. The van der Waals surface area contributed by atoms with Crippen LogP contribution in [0.15, 0.2) is 48.5 Å². The van der Waals surface area contributed by atoms with Gasteiger partial charge in [-0.25, -0.2) is 0 Å². The van der Waals surface area contributed by atoms with Crippen molar-refractivity contribution in [3.8, 4) is 11.5 Å². The summed E-state index contributed by atoms with van der Waals surface area (Å²) in [5.74, 6) is 1.83. The zero-order chi connectivity index (χ0) is 18.5. The first kappa shape index (κ1) is 19.8. The molecule has 0 fully saturated rings. The van der Waals surface area contributed by atoms with E-state index in [4.69, 9.17) is 13.6 Å². The molecule has 0 aliphatic carbocycles. The molecule has 3 nitrogen and oxygen atoms in total. The fourth-order valence-corrected chi connectivity index (χ4v) is 10.2. The van der Waals surface area contributed by atoms with Gasteiger partial charge >= 0.3 is 0 Å². The van der Waals surface area contributed by atoms with Gasteiger partial charge in [0.25, 0.3) is 0 Å². The Morgan fingerprint density at radius 2 is 1.08 bits per heavy atom. The van der Waals surface area contributed by atoms with E-state index in [2.05, 4.69) is 64.3 Å². The molecule has 0 bridgehead atoms. The molecule has 5 heteroatoms. The number of benzene rings is 2. The van der Waals surface area contributed by atoms with E-state index in [1.165, 1.54) is 11.1 Å². The van der Waals surface area contributed by atoms with Gasteiger partial charge in [-0.3, -0.25) is 0 Å². The summed E-state index contributed by atoms with van der Waals surface area (Å²) >= 11 is 0. The SMILES string of the molecule is Cc1cccc(OC[Si](C)(C)O[Si](C)(C)COc2cccc(C)c2)c1. The zero-order valence-corrected chi connectivity index (χ0v) is 18.3. The lowest BCUT2D eigenvalue weighted by Crippen LogP contribution is -2.51. The number of ether oxygens (including phenoxy) is 2. The highest BCUT2D eigenvalue weighted by atomic mass is 28.4. The van der Waals surface area contributed by atoms with Crippen LogP contribution < -0.4 is 9.47 Å². The van der Waals surface area contributed by atoms with Crippen LogP contribution in [0.1, 0.15) is 11.1 Å². The highest BCUT2D eigenvalue weighted by Crippen LogP contribution is 2.20. The van der Waals surface area contributed by atoms with Crippen LogP contribution in [0.4, 0.5) is 0 Å². The molecule has 0 N–H and O–H groups in total. The summed E-state index contributed by atoms with van der Waals surface area (Å²) in [6.07, 6.45) is 1.30. The minimum absolute atomic E-state index is 0.650. The van der Waals surface area contributed by atoms with Crippen LogP contribution in [0, 0.1) is 13.8 Å². The van der Waals surface area contributed by atoms with Crippen molar-refractivity contribution in [3.05, 3.63) is 59.7 Å². The summed E-state index contributed by atoms with van der Waals surface area (Å²) in [5, 5.41) is 0. The number of rotatable bonds is 8. The first-order valence-corrected chi connectivity index (χ1v) is 15.0. The van der Waals surface area contributed by atoms with Crippen LogP contribution in [0.2, 0.25) is 26.2 Å². The predicted molar refractivity (Wildman–Crippen MR) is 109 cm³/mol. The van der Waals surface area contributed by atoms with E-state index in [0.717, 1.165) is 11.5 Å². The summed E-state index contributed by atoms with van der Waals surface area (Å²) < 4.78 is 18.5. The zero-order valence-electron chi connectivity index (χ0n) is 16.3. The van der Waals surface area contributed by atoms with Crippen molar-refractivity contribution in [3.63, 3.8) is 0 Å². The Bertz CT molecular complexity index is 639. The quantitative estimate of drug-likeness (QED) is 0.589. The van der Waals surface area contributed by atoms with Crippen LogP contribution in [-0.4, -0.2) is 29.1 Å². The van der Waals surface area contributed by atoms with Gasteiger partial charge < -0.3 is 13.6 Å². The Kier molecular flexibility index (Phi) is 6.49. The van der Waals surface area contributed by atoms with Crippen LogP contribution in [0.5, 0.6) is 11.5 Å². The van der Waals surface area contributed by atoms with Crippen molar-refractivity contribution >= 4 is 16.6 Å². The number of hydrogen-bond donors (Lipinski definition) is 0. The number of hydrogen-bond acceptors (Lipinski definition) is 3. The van der Waals surface area contributed by atoms with Gasteiger partial charge in [0.15, 0.2) is 0 Å². The topological polar surface area (TPSA) is 27.7 Å². The van der Waals surface area contributed by atoms with E-state index >= 15 is 0 Å². The third kappa shape index (κ3) is 7.06. The molecule has 0 amide bonds. The van der Waals surface area contributed by atoms with Gasteiger partial charge in [-0.1, -0.05) is 24.3 Å². The summed E-state index contributed by atoms with van der Waals surface area (Å²) in [6, 6.07) is 16.3. The molecule has 0 unspecified atom stereocenters. The standard InChI is InChI=1S/C20H30O3Si2/c1-17-9-7-11-19(13-17)21-15-24(3,4)23-25(5,6)16-22-20-12-8-10-18(2)14-20/h7-14H,15-16H2,1-6H3. The predicted octanol–water partition coefficient (Wildman–Crippen LogP) is 5.27. The van der Waals surface area contributed by atoms with Crippen molar-refractivity contribution < 1.29 is 13.6 Å². The molecule has 136 valence electrons. The molecule has 2 rings (SSSR count). The van der Waals surface area contributed by atoms with E-state index in [-0.39, 0.29) is 0 Å². The average Bonchev–Trinajstić information content (AvgIpc) is 2.51. The summed E-state index contributed by atoms with van der Waals surface area (Å²) in [7, 11) is -3.86. The van der Waals surface area contributed by atoms with Gasteiger partial charge in [0, 0.05) is 0 Å². The van der Waals surface area contributed by atoms with E-state index in [9.17, 15) is 0 Å². The van der Waals surface area contributed by atoms with Gasteiger partial charge in [0.05, 0.1) is 0 Å². The lowest BCUT2D eigenvalue weighted by molar-refractivity contribution is 0.329. The lowest BCUT2D eigenvalue weighted by Gasteiger charge is -2.33. The largest absolute Gasteiger partial charge is 0.494 e. The second-order valence-corrected chi connectivity index (χ2v) is 16.3. The Hall–Kier alpha value is -1.57. The highest BCUT2D eigenvalue weighted by molar-refractivity contribution is 6.84. The second kappa shape index (κ2) is 8.21. The lowest BCUT2D eigenvalue weighted by atomic mass is 10.2. The fraction of sp³-hybridized carbons (Fsp3) is 0.400. The molecule has 0 saturated heterocycles. The Morgan fingerprint density at radius 1 is 0.680 bits per heavy atom. The molecule has 0 heterocycles. The van der Waals surface area contributed by atoms with E-state index in [1.54, 1.807) is 0 Å². The minimum Gasteiger partial charge on any atom is -0.494 e. The third-order valence-corrected chi connectivity index (χ3v) is 9.80. The Labute approximate surface area is 154 Å². The fourth-order valence-electron chi connectivity index (χ4n) is 2.73. The van der Waals surface area contributed by atoms with Gasteiger partial charge in [-0.05, 0) is 75.4 Å². The molecular formula is C20H30O3Si2. The van der Waals surface area contributed by atoms with E-state index in [0.29, 0.717) is 12.5 Å². The normalized spacial score (nSPS) is 12.1. The van der Waals surface area contributed by atoms with Crippen molar-refractivity contribution in [1.82, 2.24) is 0 Å². The number of aryl methyl sites for hydroxylation is 2. The minimum atomic E-state index is -1.93. The Morgan fingerprint density at radius 3 is 1.44 bits per heavy atom. The molecule has 0 aromatic heterocycles. The smallest absolute Gasteiger partial charge is 0.213 e. The molecule has 2 aromatic rings.